The molecule has 3 saturated heterocycles. The van der Waals surface area contributed by atoms with Crippen LogP contribution in [-0.2, 0) is 23.8 Å². The van der Waals surface area contributed by atoms with Gasteiger partial charge < -0.3 is 14.2 Å². The Morgan fingerprint density at radius 1 is 1.33 bits per heavy atom. The summed E-state index contributed by atoms with van der Waals surface area (Å²) in [4.78, 5) is 23.2. The molecule has 0 aromatic rings. The van der Waals surface area contributed by atoms with Gasteiger partial charge in [0.2, 0.25) is 0 Å². The average molecular weight is 380 g/mol. The first-order valence-corrected chi connectivity index (χ1v) is 9.80. The Morgan fingerprint density at radius 3 is 2.71 bits per heavy atom. The zero-order valence-electron chi connectivity index (χ0n) is 13.0. The van der Waals surface area contributed by atoms with E-state index in [1.807, 2.05) is 0 Å². The van der Waals surface area contributed by atoms with Crippen molar-refractivity contribution in [1.29, 1.82) is 0 Å². The summed E-state index contributed by atoms with van der Waals surface area (Å²) < 4.78 is 41.8. The predicted octanol–water partition coefficient (Wildman–Crippen LogP) is 2.57. The minimum Gasteiger partial charge on any atom is -0.463 e. The van der Waals surface area contributed by atoms with Crippen molar-refractivity contribution < 1.29 is 32.6 Å². The molecule has 0 aromatic heterocycles. The van der Waals surface area contributed by atoms with Crippen molar-refractivity contribution in [2.24, 2.45) is 5.92 Å². The molecule has 4 aliphatic rings. The molecule has 1 saturated carbocycles. The van der Waals surface area contributed by atoms with Crippen LogP contribution in [0.4, 0.5) is 8.78 Å². The first kappa shape index (κ1) is 16.9. The van der Waals surface area contributed by atoms with Crippen molar-refractivity contribution >= 4 is 35.5 Å². The molecule has 5 nitrogen and oxygen atoms in total. The number of halogens is 2. The molecule has 134 valence electrons. The summed E-state index contributed by atoms with van der Waals surface area (Å²) in [5, 5.41) is 0.0917. The van der Waals surface area contributed by atoms with Crippen LogP contribution < -0.4 is 0 Å². The highest BCUT2D eigenvalue weighted by atomic mass is 32.2. The Hall–Kier alpha value is -0.540. The van der Waals surface area contributed by atoms with Crippen LogP contribution >= 0.6 is 23.5 Å². The van der Waals surface area contributed by atoms with Crippen molar-refractivity contribution in [3.05, 3.63) is 0 Å². The first-order valence-electron chi connectivity index (χ1n) is 8.04. The molecular weight excluding hydrogens is 362 g/mol. The molecule has 4 atom stereocenters. The summed E-state index contributed by atoms with van der Waals surface area (Å²) >= 11 is 3.49. The highest BCUT2D eigenvalue weighted by Gasteiger charge is 2.61. The van der Waals surface area contributed by atoms with E-state index in [-0.39, 0.29) is 32.8 Å². The first-order chi connectivity index (χ1) is 11.3. The second-order valence-corrected chi connectivity index (χ2v) is 10.1. The number of fused-ring (bicyclic) bond motifs is 3. The van der Waals surface area contributed by atoms with Gasteiger partial charge in [0.1, 0.15) is 30.2 Å². The predicted molar refractivity (Wildman–Crippen MR) is 83.8 cm³/mol. The van der Waals surface area contributed by atoms with Crippen LogP contribution in [0.25, 0.3) is 0 Å². The lowest BCUT2D eigenvalue weighted by molar-refractivity contribution is -0.176. The summed E-state index contributed by atoms with van der Waals surface area (Å²) in [6, 6.07) is 0. The van der Waals surface area contributed by atoms with Crippen molar-refractivity contribution in [2.45, 2.75) is 65.5 Å². The van der Waals surface area contributed by atoms with Gasteiger partial charge in [0.25, 0.3) is 0 Å². The van der Waals surface area contributed by atoms with Crippen molar-refractivity contribution in [1.82, 2.24) is 0 Å². The maximum absolute atomic E-state index is 12.9. The van der Waals surface area contributed by atoms with Crippen LogP contribution in [0.1, 0.15) is 32.6 Å². The van der Waals surface area contributed by atoms with Gasteiger partial charge >= 0.3 is 17.9 Å². The number of alkyl halides is 2. The van der Waals surface area contributed by atoms with Gasteiger partial charge in [-0.05, 0) is 25.7 Å². The zero-order chi connectivity index (χ0) is 17.1. The Kier molecular flexibility index (Phi) is 4.04. The van der Waals surface area contributed by atoms with Crippen molar-refractivity contribution in [3.8, 4) is 0 Å². The summed E-state index contributed by atoms with van der Waals surface area (Å²) in [7, 11) is 0. The maximum Gasteiger partial charge on any atom is 0.376 e. The van der Waals surface area contributed by atoms with Crippen LogP contribution in [0.15, 0.2) is 0 Å². The van der Waals surface area contributed by atoms with Gasteiger partial charge in [0, 0.05) is 6.92 Å². The maximum atomic E-state index is 12.9. The zero-order valence-corrected chi connectivity index (χ0v) is 14.7. The van der Waals surface area contributed by atoms with Crippen LogP contribution in [0.3, 0.4) is 0 Å². The van der Waals surface area contributed by atoms with E-state index in [2.05, 4.69) is 0 Å². The standard InChI is InChI=1S/C15H18F2O5S2/c1-14(16,17)13(19)21-7-2-4-15(5-3-7)23-10-9-8(6-20-11(9)18)22-12(10)24-15/h7-10,12H,2-6H2,1H3. The fourth-order valence-electron chi connectivity index (χ4n) is 3.76. The lowest BCUT2D eigenvalue weighted by atomic mass is 9.96. The summed E-state index contributed by atoms with van der Waals surface area (Å²) in [6.07, 6.45) is 2.02. The second-order valence-electron chi connectivity index (χ2n) is 6.80. The third-order valence-electron chi connectivity index (χ3n) is 5.00. The Morgan fingerprint density at radius 2 is 2.04 bits per heavy atom. The van der Waals surface area contributed by atoms with Gasteiger partial charge in [0.05, 0.1) is 9.33 Å². The lowest BCUT2D eigenvalue weighted by Crippen LogP contribution is -2.36. The molecule has 4 unspecified atom stereocenters. The minimum atomic E-state index is -3.45. The minimum absolute atomic E-state index is 0.0167. The van der Waals surface area contributed by atoms with Crippen LogP contribution in [0, 0.1) is 5.92 Å². The second kappa shape index (κ2) is 5.74. The smallest absolute Gasteiger partial charge is 0.376 e. The molecule has 4 fully saturated rings. The van der Waals surface area contributed by atoms with E-state index in [9.17, 15) is 18.4 Å². The molecule has 1 aliphatic carbocycles. The van der Waals surface area contributed by atoms with E-state index in [1.54, 1.807) is 23.5 Å². The third kappa shape index (κ3) is 2.82. The van der Waals surface area contributed by atoms with Crippen LogP contribution in [0.2, 0.25) is 0 Å². The molecule has 3 aliphatic heterocycles. The molecule has 9 heteroatoms. The van der Waals surface area contributed by atoms with Crippen molar-refractivity contribution in [2.75, 3.05) is 6.61 Å². The SMILES string of the molecule is CC(F)(F)C(=O)OC1CCC2(CC1)SC1OC3COC(=O)C3C1S2. The van der Waals surface area contributed by atoms with Crippen LogP contribution in [-0.4, -0.2) is 51.4 Å². The Labute approximate surface area is 146 Å². The fourth-order valence-corrected chi connectivity index (χ4v) is 7.90. The van der Waals surface area contributed by atoms with E-state index >= 15 is 0 Å². The highest BCUT2D eigenvalue weighted by molar-refractivity contribution is 8.22. The number of hydrogen-bond donors (Lipinski definition) is 0. The largest absolute Gasteiger partial charge is 0.463 e. The number of thioether (sulfide) groups is 2. The normalized spacial score (nSPS) is 44.3. The fraction of sp³-hybridized carbons (Fsp3) is 0.867. The number of hydrogen-bond acceptors (Lipinski definition) is 7. The van der Waals surface area contributed by atoms with Gasteiger partial charge in [-0.25, -0.2) is 4.79 Å². The van der Waals surface area contributed by atoms with Gasteiger partial charge in [-0.3, -0.25) is 4.79 Å². The van der Waals surface area contributed by atoms with Crippen molar-refractivity contribution in [3.63, 3.8) is 0 Å². The number of cyclic esters (lactones) is 1. The molecule has 0 aromatic carbocycles. The molecule has 24 heavy (non-hydrogen) atoms. The molecule has 0 N–H and O–H groups in total. The number of esters is 2. The summed E-state index contributed by atoms with van der Waals surface area (Å²) in [5.74, 6) is -5.27. The molecule has 3 heterocycles. The van der Waals surface area contributed by atoms with Gasteiger partial charge in [-0.2, -0.15) is 8.78 Å². The topological polar surface area (TPSA) is 61.8 Å². The monoisotopic (exact) mass is 380 g/mol. The molecule has 1 spiro atoms. The number of rotatable bonds is 2. The van der Waals surface area contributed by atoms with E-state index < -0.39 is 18.0 Å². The third-order valence-corrected chi connectivity index (χ3v) is 8.88. The van der Waals surface area contributed by atoms with E-state index in [4.69, 9.17) is 14.2 Å². The summed E-state index contributed by atoms with van der Waals surface area (Å²) in [5.41, 5.74) is -0.0167. The van der Waals surface area contributed by atoms with Gasteiger partial charge in [-0.1, -0.05) is 0 Å². The number of carbonyl (C=O) groups is 2. The molecular formula is C15H18F2O5S2. The van der Waals surface area contributed by atoms with E-state index in [0.717, 1.165) is 12.8 Å². The molecule has 4 rings (SSSR count). The van der Waals surface area contributed by atoms with Crippen LogP contribution in [0.5, 0.6) is 0 Å². The highest BCUT2D eigenvalue weighted by Crippen LogP contribution is 2.64. The van der Waals surface area contributed by atoms with Gasteiger partial charge in [0.15, 0.2) is 0 Å². The summed E-state index contributed by atoms with van der Waals surface area (Å²) in [6.45, 7) is 0.895. The van der Waals surface area contributed by atoms with Gasteiger partial charge in [-0.15, -0.1) is 23.5 Å². The quantitative estimate of drug-likeness (QED) is 0.682. The molecule has 0 amide bonds. The Bertz CT molecular complexity index is 559. The lowest BCUT2D eigenvalue weighted by Gasteiger charge is -2.36. The number of ether oxygens (including phenoxy) is 3. The molecule has 0 bridgehead atoms. The average Bonchev–Trinajstić information content (AvgIpc) is 3.11. The molecule has 0 radical (unpaired) electrons. The van der Waals surface area contributed by atoms with E-state index in [0.29, 0.717) is 26.4 Å². The Balaban J connectivity index is 1.35. The number of carbonyl (C=O) groups excluding carboxylic acids is 2. The van der Waals surface area contributed by atoms with E-state index in [1.165, 1.54) is 0 Å².